The molecule has 6 heteroatoms. The number of hydrogen-bond acceptors (Lipinski definition) is 4. The number of hydrogen-bond donors (Lipinski definition) is 2. The molecule has 0 aliphatic carbocycles. The lowest BCUT2D eigenvalue weighted by Gasteiger charge is -2.17. The van der Waals surface area contributed by atoms with E-state index in [0.717, 1.165) is 63.0 Å². The molecular weight excluding hydrogens is 290 g/mol. The molecule has 23 heavy (non-hydrogen) atoms. The van der Waals surface area contributed by atoms with Crippen molar-refractivity contribution in [3.05, 3.63) is 23.9 Å². The number of nitrogens with zero attached hydrogens (tertiary/aromatic N) is 3. The van der Waals surface area contributed by atoms with Crippen LogP contribution in [-0.2, 0) is 11.3 Å². The predicted octanol–water partition coefficient (Wildman–Crippen LogP) is 1.53. The third-order valence-corrected chi connectivity index (χ3v) is 4.44. The zero-order valence-electron chi connectivity index (χ0n) is 13.9. The van der Waals surface area contributed by atoms with Gasteiger partial charge in [0.15, 0.2) is 5.96 Å². The Bertz CT molecular complexity index is 504. The lowest BCUT2D eigenvalue weighted by molar-refractivity contribution is 0.114. The predicted molar refractivity (Wildman–Crippen MR) is 92.9 cm³/mol. The van der Waals surface area contributed by atoms with Crippen LogP contribution in [-0.4, -0.2) is 50.3 Å². The van der Waals surface area contributed by atoms with Gasteiger partial charge in [0.05, 0.1) is 6.10 Å². The zero-order valence-corrected chi connectivity index (χ0v) is 13.9. The summed E-state index contributed by atoms with van der Waals surface area (Å²) in [7, 11) is 1.79. The molecule has 2 fully saturated rings. The Morgan fingerprint density at radius 1 is 1.30 bits per heavy atom. The Labute approximate surface area is 138 Å². The standard InChI is InChI=1S/C17H27N5O/c1-18-17(21-13-15-5-4-10-23-15)20-12-14-6-7-16(19-11-14)22-8-2-3-9-22/h6-7,11,15H,2-5,8-10,12-13H2,1H3,(H2,18,20,21). The summed E-state index contributed by atoms with van der Waals surface area (Å²) in [6.45, 7) is 4.67. The van der Waals surface area contributed by atoms with Crippen LogP contribution in [0.4, 0.5) is 5.82 Å². The molecule has 2 saturated heterocycles. The van der Waals surface area contributed by atoms with Crippen LogP contribution in [0.5, 0.6) is 0 Å². The number of ether oxygens (including phenoxy) is 1. The van der Waals surface area contributed by atoms with E-state index in [1.807, 2.05) is 6.20 Å². The van der Waals surface area contributed by atoms with E-state index in [4.69, 9.17) is 4.74 Å². The van der Waals surface area contributed by atoms with Crippen LogP contribution in [0.1, 0.15) is 31.2 Å². The van der Waals surface area contributed by atoms with Crippen LogP contribution >= 0.6 is 0 Å². The lowest BCUT2D eigenvalue weighted by Crippen LogP contribution is -2.40. The highest BCUT2D eigenvalue weighted by Crippen LogP contribution is 2.17. The number of aromatic nitrogens is 1. The quantitative estimate of drug-likeness (QED) is 0.637. The van der Waals surface area contributed by atoms with Gasteiger partial charge in [0.1, 0.15) is 5.82 Å². The van der Waals surface area contributed by atoms with Crippen molar-refractivity contribution in [2.75, 3.05) is 38.2 Å². The number of pyridine rings is 1. The summed E-state index contributed by atoms with van der Waals surface area (Å²) < 4.78 is 5.61. The van der Waals surface area contributed by atoms with Crippen molar-refractivity contribution in [3.63, 3.8) is 0 Å². The molecule has 6 nitrogen and oxygen atoms in total. The molecule has 2 aliphatic rings. The zero-order chi connectivity index (χ0) is 15.9. The normalized spacial score (nSPS) is 21.7. The van der Waals surface area contributed by atoms with Crippen molar-refractivity contribution in [2.24, 2.45) is 4.99 Å². The fourth-order valence-electron chi connectivity index (χ4n) is 3.08. The van der Waals surface area contributed by atoms with Crippen LogP contribution in [0, 0.1) is 0 Å². The van der Waals surface area contributed by atoms with Crippen molar-refractivity contribution >= 4 is 11.8 Å². The highest BCUT2D eigenvalue weighted by molar-refractivity contribution is 5.79. The summed E-state index contributed by atoms with van der Waals surface area (Å²) in [5, 5.41) is 6.65. The summed E-state index contributed by atoms with van der Waals surface area (Å²) in [6, 6.07) is 4.26. The Kier molecular flexibility index (Phi) is 5.69. The van der Waals surface area contributed by atoms with Gasteiger partial charge in [0.2, 0.25) is 0 Å². The maximum absolute atomic E-state index is 5.61. The smallest absolute Gasteiger partial charge is 0.191 e. The minimum Gasteiger partial charge on any atom is -0.376 e. The molecule has 0 radical (unpaired) electrons. The highest BCUT2D eigenvalue weighted by Gasteiger charge is 2.15. The van der Waals surface area contributed by atoms with Crippen molar-refractivity contribution < 1.29 is 4.74 Å². The van der Waals surface area contributed by atoms with Crippen LogP contribution in [0.2, 0.25) is 0 Å². The summed E-state index contributed by atoms with van der Waals surface area (Å²) in [4.78, 5) is 11.2. The highest BCUT2D eigenvalue weighted by atomic mass is 16.5. The van der Waals surface area contributed by atoms with E-state index in [0.29, 0.717) is 6.10 Å². The second kappa shape index (κ2) is 8.15. The first-order valence-corrected chi connectivity index (χ1v) is 8.61. The average Bonchev–Trinajstić information content (AvgIpc) is 3.29. The maximum Gasteiger partial charge on any atom is 0.191 e. The van der Waals surface area contributed by atoms with Gasteiger partial charge in [-0.2, -0.15) is 0 Å². The van der Waals surface area contributed by atoms with Crippen LogP contribution < -0.4 is 15.5 Å². The fraction of sp³-hybridized carbons (Fsp3) is 0.647. The molecule has 0 amide bonds. The molecule has 1 unspecified atom stereocenters. The van der Waals surface area contributed by atoms with E-state index in [9.17, 15) is 0 Å². The molecule has 1 atom stereocenters. The number of guanidine groups is 1. The number of anilines is 1. The van der Waals surface area contributed by atoms with E-state index >= 15 is 0 Å². The molecule has 2 aliphatic heterocycles. The fourth-order valence-corrected chi connectivity index (χ4v) is 3.08. The Balaban J connectivity index is 1.44. The average molecular weight is 317 g/mol. The molecule has 0 spiro atoms. The Morgan fingerprint density at radius 3 is 2.83 bits per heavy atom. The molecule has 3 rings (SSSR count). The van der Waals surface area contributed by atoms with Gasteiger partial charge in [0, 0.05) is 46.0 Å². The van der Waals surface area contributed by atoms with Gasteiger partial charge < -0.3 is 20.3 Å². The molecular formula is C17H27N5O. The third-order valence-electron chi connectivity index (χ3n) is 4.44. The Hall–Kier alpha value is -1.82. The van der Waals surface area contributed by atoms with Crippen molar-refractivity contribution in [1.82, 2.24) is 15.6 Å². The van der Waals surface area contributed by atoms with E-state index in [1.54, 1.807) is 7.05 Å². The van der Waals surface area contributed by atoms with Crippen LogP contribution in [0.25, 0.3) is 0 Å². The second-order valence-electron chi connectivity index (χ2n) is 6.16. The molecule has 2 N–H and O–H groups in total. The summed E-state index contributed by atoms with van der Waals surface area (Å²) in [5.41, 5.74) is 1.16. The van der Waals surface area contributed by atoms with Crippen LogP contribution in [0.15, 0.2) is 23.3 Å². The van der Waals surface area contributed by atoms with E-state index in [-0.39, 0.29) is 0 Å². The van der Waals surface area contributed by atoms with Crippen molar-refractivity contribution in [3.8, 4) is 0 Å². The monoisotopic (exact) mass is 317 g/mol. The minimum atomic E-state index is 0.315. The molecule has 0 saturated carbocycles. The Morgan fingerprint density at radius 2 is 2.17 bits per heavy atom. The molecule has 1 aromatic heterocycles. The van der Waals surface area contributed by atoms with Gasteiger partial charge in [-0.3, -0.25) is 4.99 Å². The summed E-state index contributed by atoms with van der Waals surface area (Å²) >= 11 is 0. The van der Waals surface area contributed by atoms with Gasteiger partial charge in [0.25, 0.3) is 0 Å². The SMILES string of the molecule is CN=C(NCc1ccc(N2CCCC2)nc1)NCC1CCCO1. The first-order valence-electron chi connectivity index (χ1n) is 8.61. The number of rotatable bonds is 5. The minimum absolute atomic E-state index is 0.315. The van der Waals surface area contributed by atoms with E-state index in [1.165, 1.54) is 12.8 Å². The van der Waals surface area contributed by atoms with Gasteiger partial charge in [-0.15, -0.1) is 0 Å². The molecule has 3 heterocycles. The van der Waals surface area contributed by atoms with Crippen molar-refractivity contribution in [2.45, 2.75) is 38.3 Å². The summed E-state index contributed by atoms with van der Waals surface area (Å²) in [6.07, 6.45) is 7.11. The van der Waals surface area contributed by atoms with Crippen molar-refractivity contribution in [1.29, 1.82) is 0 Å². The van der Waals surface area contributed by atoms with Gasteiger partial charge in [-0.25, -0.2) is 4.98 Å². The largest absolute Gasteiger partial charge is 0.376 e. The lowest BCUT2D eigenvalue weighted by atomic mass is 10.2. The third kappa shape index (κ3) is 4.58. The molecule has 0 aromatic carbocycles. The summed E-state index contributed by atoms with van der Waals surface area (Å²) in [5.74, 6) is 1.90. The molecule has 126 valence electrons. The maximum atomic E-state index is 5.61. The topological polar surface area (TPSA) is 61.8 Å². The van der Waals surface area contributed by atoms with Crippen LogP contribution in [0.3, 0.4) is 0 Å². The first-order chi connectivity index (χ1) is 11.3. The van der Waals surface area contributed by atoms with Gasteiger partial charge >= 0.3 is 0 Å². The van der Waals surface area contributed by atoms with E-state index < -0.39 is 0 Å². The first kappa shape index (κ1) is 16.1. The van der Waals surface area contributed by atoms with E-state index in [2.05, 4.69) is 37.6 Å². The molecule has 1 aromatic rings. The second-order valence-corrected chi connectivity index (χ2v) is 6.16. The van der Waals surface area contributed by atoms with Gasteiger partial charge in [-0.1, -0.05) is 6.07 Å². The number of aliphatic imine (C=N–C) groups is 1. The number of nitrogens with one attached hydrogen (secondary N) is 2. The van der Waals surface area contributed by atoms with Gasteiger partial charge in [-0.05, 0) is 37.3 Å². The molecule has 0 bridgehead atoms.